The van der Waals surface area contributed by atoms with Crippen LogP contribution in [0.5, 0.6) is 5.88 Å². The van der Waals surface area contributed by atoms with E-state index in [0.29, 0.717) is 0 Å². The van der Waals surface area contributed by atoms with E-state index in [1.807, 2.05) is 0 Å². The lowest BCUT2D eigenvalue weighted by molar-refractivity contribution is -0.135. The third-order valence-corrected chi connectivity index (χ3v) is 5.09. The Morgan fingerprint density at radius 2 is 1.91 bits per heavy atom. The first-order valence-electron chi connectivity index (χ1n) is 6.75. The van der Waals surface area contributed by atoms with Gasteiger partial charge in [0, 0.05) is 30.9 Å². The van der Waals surface area contributed by atoms with Crippen LogP contribution in [-0.4, -0.2) is 43.0 Å². The van der Waals surface area contributed by atoms with Crippen molar-refractivity contribution in [3.05, 3.63) is 17.3 Å². The Hall–Kier alpha value is -1.42. The molecular weight excluding hydrogens is 342 g/mol. The minimum absolute atomic E-state index is 0.455. The van der Waals surface area contributed by atoms with Crippen molar-refractivity contribution < 1.29 is 35.8 Å². The fourth-order valence-corrected chi connectivity index (χ4v) is 3.67. The van der Waals surface area contributed by atoms with Gasteiger partial charge in [0.25, 0.3) is 5.92 Å². The first-order chi connectivity index (χ1) is 10.5. The summed E-state index contributed by atoms with van der Waals surface area (Å²) in [6, 6.07) is 0. The summed E-state index contributed by atoms with van der Waals surface area (Å²) in [4.78, 5) is 3.14. The number of pyridine rings is 1. The summed E-state index contributed by atoms with van der Waals surface area (Å²) in [7, 11) is -3.89. The smallest absolute Gasteiger partial charge is 0.255 e. The Bertz CT molecular complexity index is 747. The monoisotopic (exact) mass is 355 g/mol. The summed E-state index contributed by atoms with van der Waals surface area (Å²) in [6.45, 7) is 0. The van der Waals surface area contributed by atoms with Gasteiger partial charge in [0.15, 0.2) is 22.2 Å². The van der Waals surface area contributed by atoms with Crippen LogP contribution in [0.25, 0.3) is 0 Å². The van der Waals surface area contributed by atoms with Crippen LogP contribution < -0.4 is 4.74 Å². The zero-order chi connectivity index (χ0) is 17.2. The minimum atomic E-state index is -3.89. The molecule has 23 heavy (non-hydrogen) atoms. The summed E-state index contributed by atoms with van der Waals surface area (Å²) < 4.78 is 82.1. The molecule has 0 unspecified atom stereocenters. The first-order valence-corrected chi connectivity index (χ1v) is 8.64. The molecule has 3 atom stereocenters. The van der Waals surface area contributed by atoms with Crippen LogP contribution in [-0.2, 0) is 9.84 Å². The van der Waals surface area contributed by atoms with Crippen molar-refractivity contribution in [2.45, 2.75) is 48.2 Å². The second-order valence-electron chi connectivity index (χ2n) is 5.82. The standard InChI is InChI=1S/C13H13F4NO4S/c1-23(20,21)6-4-18-12(22-5-2-13(16,17)3-5)8-7(6)11(19)10(15)9(8)14/h4-5,9-11,19H,2-3H2,1H3/t9-,10-,11+/m1/s1. The largest absolute Gasteiger partial charge is 0.474 e. The van der Waals surface area contributed by atoms with Gasteiger partial charge in [-0.3, -0.25) is 0 Å². The molecule has 0 spiro atoms. The van der Waals surface area contributed by atoms with Crippen LogP contribution in [0.2, 0.25) is 0 Å². The number of aliphatic hydroxyl groups excluding tert-OH is 1. The first kappa shape index (κ1) is 16.4. The number of alkyl halides is 4. The van der Waals surface area contributed by atoms with Crippen LogP contribution >= 0.6 is 0 Å². The average Bonchev–Trinajstić information content (AvgIpc) is 2.61. The Labute approximate surface area is 129 Å². The van der Waals surface area contributed by atoms with Crippen molar-refractivity contribution in [1.29, 1.82) is 0 Å². The molecule has 128 valence electrons. The van der Waals surface area contributed by atoms with Gasteiger partial charge in [0.2, 0.25) is 5.88 Å². The van der Waals surface area contributed by atoms with E-state index >= 15 is 0 Å². The third-order valence-electron chi connectivity index (χ3n) is 3.97. The number of rotatable bonds is 3. The van der Waals surface area contributed by atoms with E-state index < -0.39 is 75.1 Å². The van der Waals surface area contributed by atoms with Crippen LogP contribution in [0.4, 0.5) is 17.6 Å². The molecule has 0 saturated heterocycles. The molecule has 2 aliphatic rings. The molecule has 1 saturated carbocycles. The van der Waals surface area contributed by atoms with E-state index in [-0.39, 0.29) is 0 Å². The van der Waals surface area contributed by atoms with Gasteiger partial charge in [0.05, 0.1) is 10.5 Å². The summed E-state index contributed by atoms with van der Waals surface area (Å²) in [5.74, 6) is -3.34. The Morgan fingerprint density at radius 1 is 1.30 bits per heavy atom. The molecule has 0 bridgehead atoms. The highest BCUT2D eigenvalue weighted by Crippen LogP contribution is 2.50. The molecule has 0 aromatic carbocycles. The highest BCUT2D eigenvalue weighted by atomic mass is 32.2. The van der Waals surface area contributed by atoms with Gasteiger partial charge in [-0.1, -0.05) is 0 Å². The van der Waals surface area contributed by atoms with E-state index in [9.17, 15) is 31.1 Å². The molecule has 1 N–H and O–H groups in total. The van der Waals surface area contributed by atoms with Gasteiger partial charge in [-0.25, -0.2) is 31.0 Å². The maximum Gasteiger partial charge on any atom is 0.255 e. The lowest BCUT2D eigenvalue weighted by atomic mass is 9.91. The van der Waals surface area contributed by atoms with Gasteiger partial charge in [-0.15, -0.1) is 0 Å². The maximum atomic E-state index is 14.1. The van der Waals surface area contributed by atoms with Gasteiger partial charge in [-0.2, -0.15) is 0 Å². The molecule has 0 radical (unpaired) electrons. The average molecular weight is 355 g/mol. The van der Waals surface area contributed by atoms with Crippen molar-refractivity contribution in [1.82, 2.24) is 4.98 Å². The van der Waals surface area contributed by atoms with Crippen molar-refractivity contribution in [3.63, 3.8) is 0 Å². The van der Waals surface area contributed by atoms with Gasteiger partial charge in [-0.05, 0) is 0 Å². The lowest BCUT2D eigenvalue weighted by Crippen LogP contribution is -2.43. The summed E-state index contributed by atoms with van der Waals surface area (Å²) in [6.07, 6.45) is -7.18. The van der Waals surface area contributed by atoms with Gasteiger partial charge >= 0.3 is 0 Å². The molecule has 3 rings (SSSR count). The number of ether oxygens (including phenoxy) is 1. The maximum absolute atomic E-state index is 14.1. The predicted molar refractivity (Wildman–Crippen MR) is 69.6 cm³/mol. The highest BCUT2D eigenvalue weighted by molar-refractivity contribution is 7.90. The molecule has 0 amide bonds. The van der Waals surface area contributed by atoms with Crippen molar-refractivity contribution in [2.75, 3.05) is 6.26 Å². The summed E-state index contributed by atoms with van der Waals surface area (Å²) >= 11 is 0. The number of aliphatic hydroxyl groups is 1. The van der Waals surface area contributed by atoms with Crippen LogP contribution in [0.3, 0.4) is 0 Å². The molecule has 1 heterocycles. The van der Waals surface area contributed by atoms with E-state index in [1.54, 1.807) is 0 Å². The van der Waals surface area contributed by atoms with Crippen LogP contribution in [0.15, 0.2) is 11.1 Å². The zero-order valence-electron chi connectivity index (χ0n) is 11.8. The Kier molecular flexibility index (Phi) is 3.60. The van der Waals surface area contributed by atoms with Crippen molar-refractivity contribution in [3.8, 4) is 5.88 Å². The lowest BCUT2D eigenvalue weighted by Gasteiger charge is -2.34. The zero-order valence-corrected chi connectivity index (χ0v) is 12.7. The quantitative estimate of drug-likeness (QED) is 0.840. The summed E-state index contributed by atoms with van der Waals surface area (Å²) in [5, 5.41) is 9.79. The van der Waals surface area contributed by atoms with E-state index in [1.165, 1.54) is 0 Å². The van der Waals surface area contributed by atoms with Crippen LogP contribution in [0.1, 0.15) is 36.2 Å². The number of hydrogen-bond donors (Lipinski definition) is 1. The Morgan fingerprint density at radius 3 is 2.43 bits per heavy atom. The van der Waals surface area contributed by atoms with Gasteiger partial charge < -0.3 is 9.84 Å². The molecule has 10 heteroatoms. The molecule has 5 nitrogen and oxygen atoms in total. The number of nitrogens with zero attached hydrogens (tertiary/aromatic N) is 1. The van der Waals surface area contributed by atoms with Crippen LogP contribution in [0, 0.1) is 0 Å². The van der Waals surface area contributed by atoms with Gasteiger partial charge in [0.1, 0.15) is 12.2 Å². The minimum Gasteiger partial charge on any atom is -0.474 e. The fraction of sp³-hybridized carbons (Fsp3) is 0.615. The summed E-state index contributed by atoms with van der Waals surface area (Å²) in [5.41, 5.74) is -0.980. The molecule has 1 aromatic heterocycles. The predicted octanol–water partition coefficient (Wildman–Crippen LogP) is 2.06. The third kappa shape index (κ3) is 2.67. The Balaban J connectivity index is 2.04. The van der Waals surface area contributed by atoms with Crippen molar-refractivity contribution >= 4 is 9.84 Å². The molecule has 0 aliphatic heterocycles. The van der Waals surface area contributed by atoms with E-state index in [4.69, 9.17) is 4.74 Å². The number of halogens is 4. The number of aromatic nitrogens is 1. The molecule has 1 fully saturated rings. The molecule has 1 aromatic rings. The number of hydrogen-bond acceptors (Lipinski definition) is 5. The second-order valence-corrected chi connectivity index (χ2v) is 7.81. The highest BCUT2D eigenvalue weighted by Gasteiger charge is 2.50. The molecule has 2 aliphatic carbocycles. The fourth-order valence-electron chi connectivity index (χ4n) is 2.79. The number of sulfone groups is 1. The van der Waals surface area contributed by atoms with E-state index in [0.717, 1.165) is 12.5 Å². The molecular formula is C13H13F4NO4S. The topological polar surface area (TPSA) is 76.5 Å². The SMILES string of the molecule is CS(=O)(=O)c1cnc(OC2CC(F)(F)C2)c2c1[C@H](O)[C@H](F)[C@@H]2F. The normalized spacial score (nSPS) is 29.9. The van der Waals surface area contributed by atoms with E-state index in [2.05, 4.69) is 4.98 Å². The number of fused-ring (bicyclic) bond motifs is 1. The van der Waals surface area contributed by atoms with Crippen molar-refractivity contribution in [2.24, 2.45) is 0 Å². The second kappa shape index (κ2) is 5.04.